The average molecular weight is 823 g/mol. The first-order valence-corrected chi connectivity index (χ1v) is 33.9. The molecule has 9 aromatic rings. The molecule has 290 valence electrons. The lowest BCUT2D eigenvalue weighted by molar-refractivity contribution is 0.591. The Morgan fingerprint density at radius 1 is 0.500 bits per heavy atom. The van der Waals surface area contributed by atoms with E-state index in [2.05, 4.69) is 131 Å². The van der Waals surface area contributed by atoms with Gasteiger partial charge in [-0.1, -0.05) is 116 Å². The third-order valence-corrected chi connectivity index (χ3v) is 37.4. The van der Waals surface area contributed by atoms with Crippen molar-refractivity contribution in [2.24, 2.45) is 0 Å². The van der Waals surface area contributed by atoms with Gasteiger partial charge in [0.2, 0.25) is 0 Å². The number of pyridine rings is 1. The van der Waals surface area contributed by atoms with E-state index in [4.69, 9.17) is 4.98 Å². The third-order valence-electron chi connectivity index (χ3n) is 17.4. The highest BCUT2D eigenvalue weighted by molar-refractivity contribution is 7.10. The third kappa shape index (κ3) is 3.87. The monoisotopic (exact) mass is 822 g/mol. The first-order valence-electron chi connectivity index (χ1n) is 22.2. The first-order chi connectivity index (χ1) is 27.4. The molecule has 0 spiro atoms. The van der Waals surface area contributed by atoms with E-state index in [9.17, 15) is 5.26 Å². The molecule has 8 heteroatoms. The van der Waals surface area contributed by atoms with Crippen molar-refractivity contribution in [2.45, 2.75) is 127 Å². The van der Waals surface area contributed by atoms with Gasteiger partial charge in [-0.3, -0.25) is 4.98 Å². The minimum atomic E-state index is -1.77. The summed E-state index contributed by atoms with van der Waals surface area (Å²) in [6.07, 6.45) is 2.30. The highest BCUT2D eigenvalue weighted by Crippen LogP contribution is 2.50. The van der Waals surface area contributed by atoms with Crippen LogP contribution in [0.3, 0.4) is 0 Å². The van der Waals surface area contributed by atoms with Crippen molar-refractivity contribution in [1.82, 2.24) is 13.8 Å². The highest BCUT2D eigenvalue weighted by atomic mass is 28.3. The Balaban J connectivity index is 1.25. The summed E-state index contributed by atoms with van der Waals surface area (Å²) in [5.41, 5.74) is 11.8. The molecule has 11 heterocycles. The van der Waals surface area contributed by atoms with Gasteiger partial charge in [-0.05, 0) is 80.0 Å². The molecule has 2 fully saturated rings. The van der Waals surface area contributed by atoms with Gasteiger partial charge >= 0.3 is 0 Å². The number of benzene rings is 4. The number of hydrogen-bond donors (Lipinski definition) is 0. The lowest BCUT2D eigenvalue weighted by atomic mass is 9.85. The predicted octanol–water partition coefficient (Wildman–Crippen LogP) is 11.0. The Kier molecular flexibility index (Phi) is 6.07. The zero-order valence-corrected chi connectivity index (χ0v) is 40.1. The summed E-state index contributed by atoms with van der Waals surface area (Å²) in [5.74, 6) is 0. The van der Waals surface area contributed by atoms with Crippen LogP contribution < -0.4 is 20.9 Å². The van der Waals surface area contributed by atoms with Crippen LogP contribution in [0.1, 0.15) is 58.2 Å². The molecule has 6 aliphatic rings. The maximum absolute atomic E-state index is 11.0. The van der Waals surface area contributed by atoms with Gasteiger partial charge in [-0.2, -0.15) is 5.26 Å². The largest absolute Gasteiger partial charge is 0.308 e. The summed E-state index contributed by atoms with van der Waals surface area (Å²) >= 11 is 0. The summed E-state index contributed by atoms with van der Waals surface area (Å²) in [6.45, 7) is 24.9. The van der Waals surface area contributed by atoms with Gasteiger partial charge in [-0.25, -0.2) is 0 Å². The summed E-state index contributed by atoms with van der Waals surface area (Å²) < 4.78 is 5.27. The van der Waals surface area contributed by atoms with E-state index in [1.807, 2.05) is 0 Å². The molecule has 0 radical (unpaired) electrons. The van der Waals surface area contributed by atoms with Crippen molar-refractivity contribution in [3.05, 3.63) is 65.4 Å². The van der Waals surface area contributed by atoms with Gasteiger partial charge in [0.05, 0.1) is 75.2 Å². The van der Waals surface area contributed by atoms with E-state index in [0.717, 1.165) is 5.56 Å². The Bertz CT molecular complexity index is 3440. The molecule has 0 saturated carbocycles. The first kappa shape index (κ1) is 34.8. The molecule has 0 N–H and O–H groups in total. The normalized spacial score (nSPS) is 27.2. The molecule has 5 aromatic heterocycles. The number of hydrogen-bond acceptors (Lipinski definition) is 2. The van der Waals surface area contributed by atoms with E-state index >= 15 is 0 Å². The van der Waals surface area contributed by atoms with E-state index in [1.165, 1.54) is 130 Å². The van der Waals surface area contributed by atoms with Crippen molar-refractivity contribution in [1.29, 1.82) is 5.26 Å². The predicted molar refractivity (Wildman–Crippen MR) is 259 cm³/mol. The molecular formula is C50H54N4Si4. The number of aromatic nitrogens is 3. The maximum Gasteiger partial charge on any atom is 0.107 e. The second-order valence-electron chi connectivity index (χ2n) is 23.1. The van der Waals surface area contributed by atoms with Crippen molar-refractivity contribution in [2.75, 3.05) is 0 Å². The topological polar surface area (TPSA) is 45.5 Å². The fraction of sp³-hybridized carbons (Fsp3) is 0.400. The fourth-order valence-electron chi connectivity index (χ4n) is 13.6. The van der Waals surface area contributed by atoms with E-state index < -0.39 is 32.3 Å². The standard InChI is InChI=1S/C50H54N4Si4/c1-49(2,3)29-20-33-31-25-38-32(24-37(31)53-39-19-28(26-51)45-46(41(39)35(22-29)43(33)53)56(8)13-11-55(45,7)12-14-56)34-21-30(50(4,5)6)23-36-42-40(54(38)44(34)36)27-52-48-47(42)57(9)15-17-58(48,10)18-16-57/h19-25,27H,11-18H2,1-10H3. The minimum absolute atomic E-state index is 0.00119. The zero-order chi connectivity index (χ0) is 40.0. The number of nitriles is 1. The number of fused-ring (bicyclic) bond motifs is 16. The van der Waals surface area contributed by atoms with Crippen LogP contribution in [0, 0.1) is 11.3 Å². The van der Waals surface area contributed by atoms with E-state index in [1.54, 1.807) is 26.3 Å². The molecule has 6 aliphatic heterocycles. The van der Waals surface area contributed by atoms with Crippen LogP contribution in [0.2, 0.25) is 74.5 Å². The van der Waals surface area contributed by atoms with Gasteiger partial charge < -0.3 is 8.80 Å². The molecule has 0 aliphatic carbocycles. The van der Waals surface area contributed by atoms with Crippen LogP contribution in [0.25, 0.3) is 76.2 Å². The van der Waals surface area contributed by atoms with Crippen LogP contribution in [0.15, 0.2) is 48.7 Å². The maximum atomic E-state index is 11.0. The molecule has 4 aromatic carbocycles. The van der Waals surface area contributed by atoms with Gasteiger partial charge in [-0.15, -0.1) is 0 Å². The lowest BCUT2D eigenvalue weighted by Gasteiger charge is -2.50. The highest BCUT2D eigenvalue weighted by Gasteiger charge is 2.54. The van der Waals surface area contributed by atoms with Crippen LogP contribution in [-0.4, -0.2) is 46.1 Å². The molecule has 4 nitrogen and oxygen atoms in total. The molecule has 0 amide bonds. The van der Waals surface area contributed by atoms with Crippen molar-refractivity contribution < 1.29 is 0 Å². The summed E-state index contributed by atoms with van der Waals surface area (Å²) in [5, 5.41) is 28.9. The lowest BCUT2D eigenvalue weighted by Crippen LogP contribution is -2.71. The van der Waals surface area contributed by atoms with Crippen LogP contribution in [-0.2, 0) is 10.8 Å². The summed E-state index contributed by atoms with van der Waals surface area (Å²) in [7, 11) is -6.73. The molecule has 58 heavy (non-hydrogen) atoms. The molecule has 0 atom stereocenters. The fourth-order valence-corrected chi connectivity index (χ4v) is 43.6. The van der Waals surface area contributed by atoms with Crippen molar-refractivity contribution >= 4 is 129 Å². The quantitative estimate of drug-likeness (QED) is 0.143. The van der Waals surface area contributed by atoms with Crippen molar-refractivity contribution in [3.63, 3.8) is 0 Å². The molecule has 4 bridgehead atoms. The summed E-state index contributed by atoms with van der Waals surface area (Å²) in [4.78, 5) is 5.55. The second-order valence-corrected chi connectivity index (χ2v) is 41.5. The Labute approximate surface area is 344 Å². The van der Waals surface area contributed by atoms with E-state index in [0.29, 0.717) is 0 Å². The van der Waals surface area contributed by atoms with Gasteiger partial charge in [0.25, 0.3) is 0 Å². The molecular weight excluding hydrogens is 769 g/mol. The second kappa shape index (κ2) is 10.1. The van der Waals surface area contributed by atoms with Crippen LogP contribution in [0.4, 0.5) is 0 Å². The minimum Gasteiger partial charge on any atom is -0.308 e. The van der Waals surface area contributed by atoms with Crippen molar-refractivity contribution in [3.8, 4) is 6.07 Å². The Morgan fingerprint density at radius 2 is 0.931 bits per heavy atom. The Hall–Kier alpha value is -4.01. The summed E-state index contributed by atoms with van der Waals surface area (Å²) in [6, 6.07) is 31.8. The SMILES string of the molecule is CC(C)(C)c1cc2c3cc4c(cc3n3c5cnc6c(c5c(c1)c23)[Si]1(C)CC[Si]6(C)CC1)c1cc(C(C)(C)C)cc2c3c5c(c(C#N)cc3n4c12)[Si]1(C)CC[Si]5(C)CC1. The van der Waals surface area contributed by atoms with Gasteiger partial charge in [0, 0.05) is 48.4 Å². The van der Waals surface area contributed by atoms with Crippen LogP contribution >= 0.6 is 0 Å². The molecule has 15 rings (SSSR count). The van der Waals surface area contributed by atoms with Gasteiger partial charge in [0.1, 0.15) is 8.07 Å². The number of nitrogens with zero attached hydrogens (tertiary/aromatic N) is 4. The number of rotatable bonds is 0. The smallest absolute Gasteiger partial charge is 0.107 e. The molecule has 2 saturated heterocycles. The van der Waals surface area contributed by atoms with Gasteiger partial charge in [0.15, 0.2) is 0 Å². The zero-order valence-electron chi connectivity index (χ0n) is 36.1. The Morgan fingerprint density at radius 3 is 1.43 bits per heavy atom. The molecule has 0 unspecified atom stereocenters. The van der Waals surface area contributed by atoms with E-state index in [-0.39, 0.29) is 10.8 Å². The van der Waals surface area contributed by atoms with Crippen LogP contribution in [0.5, 0.6) is 0 Å². The average Bonchev–Trinajstić information content (AvgIpc) is 3.90.